The van der Waals surface area contributed by atoms with E-state index >= 15 is 0 Å². The highest BCUT2D eigenvalue weighted by Gasteiger charge is 2.16. The summed E-state index contributed by atoms with van der Waals surface area (Å²) in [5, 5.41) is 14.5. The largest absolute Gasteiger partial charge is 0.475 e. The Morgan fingerprint density at radius 1 is 1.47 bits per heavy atom. The third kappa shape index (κ3) is 2.51. The van der Waals surface area contributed by atoms with Crippen molar-refractivity contribution >= 4 is 11.9 Å². The minimum Gasteiger partial charge on any atom is -0.475 e. The highest BCUT2D eigenvalue weighted by molar-refractivity contribution is 5.94. The second kappa shape index (κ2) is 4.52. The number of aromatic carboxylic acids is 1. The summed E-state index contributed by atoms with van der Waals surface area (Å²) in [6.45, 7) is 0.268. The van der Waals surface area contributed by atoms with Crippen molar-refractivity contribution in [3.8, 4) is 0 Å². The van der Waals surface area contributed by atoms with Crippen LogP contribution in [0.3, 0.4) is 0 Å². The molecule has 0 unspecified atom stereocenters. The van der Waals surface area contributed by atoms with Crippen LogP contribution in [0.15, 0.2) is 33.6 Å². The predicted octanol–water partition coefficient (Wildman–Crippen LogP) is 0.896. The number of amides is 1. The molecule has 0 saturated heterocycles. The van der Waals surface area contributed by atoms with E-state index in [1.165, 1.54) is 12.5 Å². The molecule has 2 heterocycles. The zero-order chi connectivity index (χ0) is 12.3. The fraction of sp³-hybridized carbons (Fsp3) is 0.100. The minimum atomic E-state index is -1.27. The molecule has 0 aromatic carbocycles. The number of carbonyl (C=O) groups excluding carboxylic acids is 1. The average molecular weight is 236 g/mol. The van der Waals surface area contributed by atoms with Gasteiger partial charge in [0.1, 0.15) is 0 Å². The highest BCUT2D eigenvalue weighted by Crippen LogP contribution is 2.04. The number of carboxylic acid groups (broad SMARTS) is 1. The van der Waals surface area contributed by atoms with Crippen molar-refractivity contribution in [2.75, 3.05) is 0 Å². The molecular formula is C10H8N2O5. The number of hydrogen-bond donors (Lipinski definition) is 2. The van der Waals surface area contributed by atoms with Crippen LogP contribution in [0, 0.1) is 0 Å². The summed E-state index contributed by atoms with van der Waals surface area (Å²) in [6, 6.07) is 2.76. The molecule has 2 rings (SSSR count). The standard InChI is InChI=1S/C10H8N2O5/c13-9(11-4-6-1-2-16-5-6)7-3-8(10(14)15)17-12-7/h1-3,5H,4H2,(H,11,13)(H,14,15). The lowest BCUT2D eigenvalue weighted by atomic mass is 10.3. The lowest BCUT2D eigenvalue weighted by Crippen LogP contribution is -2.22. The molecule has 0 atom stereocenters. The van der Waals surface area contributed by atoms with Gasteiger partial charge in [-0.2, -0.15) is 0 Å². The molecule has 0 fully saturated rings. The van der Waals surface area contributed by atoms with Crippen LogP contribution in [0.1, 0.15) is 26.6 Å². The zero-order valence-electron chi connectivity index (χ0n) is 8.54. The summed E-state index contributed by atoms with van der Waals surface area (Å²) >= 11 is 0. The second-order valence-electron chi connectivity index (χ2n) is 3.20. The molecule has 0 radical (unpaired) electrons. The molecule has 1 amide bonds. The Morgan fingerprint density at radius 3 is 2.88 bits per heavy atom. The summed E-state index contributed by atoms with van der Waals surface area (Å²) in [4.78, 5) is 22.0. The molecule has 0 aliphatic rings. The maximum Gasteiger partial charge on any atom is 0.374 e. The van der Waals surface area contributed by atoms with E-state index in [1.807, 2.05) is 0 Å². The maximum atomic E-state index is 11.5. The molecule has 0 aliphatic heterocycles. The Bertz CT molecular complexity index is 529. The van der Waals surface area contributed by atoms with Crippen molar-refractivity contribution in [2.45, 2.75) is 6.54 Å². The van der Waals surface area contributed by atoms with Gasteiger partial charge in [-0.25, -0.2) is 4.79 Å². The number of nitrogens with zero attached hydrogens (tertiary/aromatic N) is 1. The number of furan rings is 1. The lowest BCUT2D eigenvalue weighted by molar-refractivity contribution is 0.0651. The molecule has 0 saturated carbocycles. The minimum absolute atomic E-state index is 0.0779. The quantitative estimate of drug-likeness (QED) is 0.816. The predicted molar refractivity (Wildman–Crippen MR) is 53.3 cm³/mol. The van der Waals surface area contributed by atoms with Crippen molar-refractivity contribution in [3.05, 3.63) is 41.7 Å². The Hall–Kier alpha value is -2.57. The van der Waals surface area contributed by atoms with Crippen LogP contribution in [0.5, 0.6) is 0 Å². The number of rotatable bonds is 4. The van der Waals surface area contributed by atoms with E-state index in [4.69, 9.17) is 9.52 Å². The van der Waals surface area contributed by atoms with Crippen molar-refractivity contribution in [3.63, 3.8) is 0 Å². The molecule has 7 heteroatoms. The number of carbonyl (C=O) groups is 2. The fourth-order valence-corrected chi connectivity index (χ4v) is 1.15. The van der Waals surface area contributed by atoms with Crippen LogP contribution >= 0.6 is 0 Å². The third-order valence-corrected chi connectivity index (χ3v) is 1.99. The summed E-state index contributed by atoms with van der Waals surface area (Å²) in [5.41, 5.74) is 0.714. The van der Waals surface area contributed by atoms with Crippen LogP contribution in [-0.2, 0) is 6.54 Å². The average Bonchev–Trinajstić information content (AvgIpc) is 2.96. The molecule has 2 N–H and O–H groups in total. The van der Waals surface area contributed by atoms with Crippen LogP contribution in [0.2, 0.25) is 0 Å². The van der Waals surface area contributed by atoms with E-state index in [0.717, 1.165) is 11.6 Å². The SMILES string of the molecule is O=C(NCc1ccoc1)c1cc(C(=O)O)on1. The van der Waals surface area contributed by atoms with E-state index in [0.29, 0.717) is 0 Å². The fourth-order valence-electron chi connectivity index (χ4n) is 1.15. The Morgan fingerprint density at radius 2 is 2.29 bits per heavy atom. The molecule has 88 valence electrons. The Labute approximate surface area is 95.0 Å². The van der Waals surface area contributed by atoms with Gasteiger partial charge in [-0.05, 0) is 6.07 Å². The van der Waals surface area contributed by atoms with E-state index < -0.39 is 11.9 Å². The first-order valence-corrected chi connectivity index (χ1v) is 4.66. The zero-order valence-corrected chi connectivity index (χ0v) is 8.54. The molecular weight excluding hydrogens is 228 g/mol. The smallest absolute Gasteiger partial charge is 0.374 e. The van der Waals surface area contributed by atoms with Crippen LogP contribution in [0.4, 0.5) is 0 Å². The van der Waals surface area contributed by atoms with E-state index in [1.54, 1.807) is 6.07 Å². The van der Waals surface area contributed by atoms with Crippen molar-refractivity contribution in [2.24, 2.45) is 0 Å². The monoisotopic (exact) mass is 236 g/mol. The number of carboxylic acids is 1. The first-order chi connectivity index (χ1) is 8.16. The Kier molecular flexibility index (Phi) is 2.91. The molecule has 2 aromatic rings. The van der Waals surface area contributed by atoms with E-state index in [9.17, 15) is 9.59 Å². The molecule has 17 heavy (non-hydrogen) atoms. The molecule has 0 aliphatic carbocycles. The van der Waals surface area contributed by atoms with E-state index in [2.05, 4.69) is 15.0 Å². The lowest BCUT2D eigenvalue weighted by Gasteiger charge is -1.98. The first-order valence-electron chi connectivity index (χ1n) is 4.66. The first kappa shape index (κ1) is 10.9. The van der Waals surface area contributed by atoms with Gasteiger partial charge < -0.3 is 19.4 Å². The summed E-state index contributed by atoms with van der Waals surface area (Å²) < 4.78 is 9.28. The molecule has 2 aromatic heterocycles. The topological polar surface area (TPSA) is 106 Å². The van der Waals surface area contributed by atoms with Gasteiger partial charge in [0.25, 0.3) is 5.91 Å². The summed E-state index contributed by atoms with van der Waals surface area (Å²) in [7, 11) is 0. The van der Waals surface area contributed by atoms with E-state index in [-0.39, 0.29) is 18.0 Å². The molecule has 0 spiro atoms. The molecule has 7 nitrogen and oxygen atoms in total. The van der Waals surface area contributed by atoms with Crippen molar-refractivity contribution < 1.29 is 23.6 Å². The summed E-state index contributed by atoms with van der Waals surface area (Å²) in [6.07, 6.45) is 2.98. The highest BCUT2D eigenvalue weighted by atomic mass is 16.5. The van der Waals surface area contributed by atoms with Gasteiger partial charge in [-0.1, -0.05) is 5.16 Å². The third-order valence-electron chi connectivity index (χ3n) is 1.99. The van der Waals surface area contributed by atoms with Gasteiger partial charge in [0, 0.05) is 18.2 Å². The number of hydrogen-bond acceptors (Lipinski definition) is 5. The van der Waals surface area contributed by atoms with Crippen molar-refractivity contribution in [1.29, 1.82) is 0 Å². The van der Waals surface area contributed by atoms with Gasteiger partial charge in [-0.3, -0.25) is 4.79 Å². The van der Waals surface area contributed by atoms with Crippen LogP contribution in [0.25, 0.3) is 0 Å². The van der Waals surface area contributed by atoms with Crippen LogP contribution in [-0.4, -0.2) is 22.1 Å². The summed E-state index contributed by atoms with van der Waals surface area (Å²) in [5.74, 6) is -2.16. The van der Waals surface area contributed by atoms with Gasteiger partial charge in [-0.15, -0.1) is 0 Å². The van der Waals surface area contributed by atoms with Gasteiger partial charge in [0.2, 0.25) is 5.76 Å². The maximum absolute atomic E-state index is 11.5. The van der Waals surface area contributed by atoms with Gasteiger partial charge in [0.15, 0.2) is 5.69 Å². The van der Waals surface area contributed by atoms with Gasteiger partial charge >= 0.3 is 5.97 Å². The second-order valence-corrected chi connectivity index (χ2v) is 3.20. The molecule has 0 bridgehead atoms. The van der Waals surface area contributed by atoms with Crippen molar-refractivity contribution in [1.82, 2.24) is 10.5 Å². The number of aromatic nitrogens is 1. The number of nitrogens with one attached hydrogen (secondary N) is 1. The normalized spacial score (nSPS) is 10.1. The van der Waals surface area contributed by atoms with Gasteiger partial charge in [0.05, 0.1) is 12.5 Å². The Balaban J connectivity index is 1.97. The van der Waals surface area contributed by atoms with Crippen LogP contribution < -0.4 is 5.32 Å².